The Labute approximate surface area is 135 Å². The van der Waals surface area contributed by atoms with Gasteiger partial charge in [-0.3, -0.25) is 15.4 Å². The number of nitro groups is 1. The molecule has 8 heteroatoms. The molecule has 0 fully saturated rings. The number of amides is 2. The number of aryl methyl sites for hydroxylation is 1. The maximum absolute atomic E-state index is 12.0. The molecular weight excluding hydrogens is 316 g/mol. The third-order valence-corrected chi connectivity index (χ3v) is 4.03. The molecule has 0 aliphatic carbocycles. The second-order valence-corrected chi connectivity index (χ2v) is 5.90. The van der Waals surface area contributed by atoms with E-state index >= 15 is 0 Å². The molecule has 0 saturated carbocycles. The Morgan fingerprint density at radius 1 is 1.17 bits per heavy atom. The summed E-state index contributed by atoms with van der Waals surface area (Å²) in [4.78, 5) is 26.4. The van der Waals surface area contributed by atoms with E-state index in [1.54, 1.807) is 0 Å². The van der Waals surface area contributed by atoms with Crippen molar-refractivity contribution in [2.75, 3.05) is 10.6 Å². The number of urea groups is 1. The first-order valence-electron chi connectivity index (χ1n) is 6.71. The van der Waals surface area contributed by atoms with Gasteiger partial charge in [0.2, 0.25) is 0 Å². The van der Waals surface area contributed by atoms with Crippen molar-refractivity contribution in [2.24, 2.45) is 0 Å². The second kappa shape index (κ2) is 6.01. The molecule has 23 heavy (non-hydrogen) atoms. The van der Waals surface area contributed by atoms with Gasteiger partial charge in [0.1, 0.15) is 0 Å². The first-order chi connectivity index (χ1) is 11.0. The van der Waals surface area contributed by atoms with E-state index in [-0.39, 0.29) is 5.69 Å². The van der Waals surface area contributed by atoms with Gasteiger partial charge in [0.05, 0.1) is 15.1 Å². The molecule has 116 valence electrons. The van der Waals surface area contributed by atoms with Crippen molar-refractivity contribution >= 4 is 44.1 Å². The zero-order chi connectivity index (χ0) is 16.4. The highest BCUT2D eigenvalue weighted by atomic mass is 32.1. The zero-order valence-electron chi connectivity index (χ0n) is 12.1. The average molecular weight is 328 g/mol. The third-order valence-electron chi connectivity index (χ3n) is 3.10. The third kappa shape index (κ3) is 3.43. The van der Waals surface area contributed by atoms with Gasteiger partial charge in [-0.25, -0.2) is 9.78 Å². The van der Waals surface area contributed by atoms with E-state index in [0.717, 1.165) is 15.8 Å². The number of nitro benzene ring substituents is 1. The minimum atomic E-state index is -0.493. The van der Waals surface area contributed by atoms with Crippen LogP contribution < -0.4 is 10.6 Å². The topological polar surface area (TPSA) is 97.2 Å². The average Bonchev–Trinajstić information content (AvgIpc) is 2.88. The molecule has 0 bridgehead atoms. The summed E-state index contributed by atoms with van der Waals surface area (Å²) in [6.07, 6.45) is 0. The largest absolute Gasteiger partial charge is 0.325 e. The Hall–Kier alpha value is -3.00. The molecule has 0 spiro atoms. The summed E-state index contributed by atoms with van der Waals surface area (Å²) in [6.45, 7) is 1.99. The molecule has 2 N–H and O–H groups in total. The fourth-order valence-corrected chi connectivity index (χ4v) is 2.97. The number of hydrogen-bond donors (Lipinski definition) is 2. The molecular formula is C15H12N4O3S. The minimum absolute atomic E-state index is 0.0301. The maximum atomic E-state index is 12.0. The molecule has 2 amide bonds. The van der Waals surface area contributed by atoms with E-state index in [0.29, 0.717) is 10.8 Å². The van der Waals surface area contributed by atoms with Crippen LogP contribution in [0.1, 0.15) is 5.56 Å². The van der Waals surface area contributed by atoms with E-state index < -0.39 is 11.0 Å². The smallest absolute Gasteiger partial charge is 0.308 e. The van der Waals surface area contributed by atoms with Gasteiger partial charge in [0.25, 0.3) is 5.69 Å². The Kier molecular flexibility index (Phi) is 3.90. The van der Waals surface area contributed by atoms with Crippen LogP contribution >= 0.6 is 11.3 Å². The van der Waals surface area contributed by atoms with Crippen molar-refractivity contribution in [1.29, 1.82) is 0 Å². The number of benzene rings is 2. The molecule has 3 rings (SSSR count). The molecule has 0 radical (unpaired) electrons. The lowest BCUT2D eigenvalue weighted by Gasteiger charge is -2.04. The molecule has 0 saturated heterocycles. The lowest BCUT2D eigenvalue weighted by molar-refractivity contribution is -0.384. The Morgan fingerprint density at radius 2 is 1.91 bits per heavy atom. The van der Waals surface area contributed by atoms with E-state index in [2.05, 4.69) is 15.6 Å². The molecule has 0 aliphatic heterocycles. The second-order valence-electron chi connectivity index (χ2n) is 4.87. The number of carbonyl (C=O) groups excluding carboxylic acids is 1. The minimum Gasteiger partial charge on any atom is -0.308 e. The normalized spacial score (nSPS) is 10.5. The summed E-state index contributed by atoms with van der Waals surface area (Å²) in [5, 5.41) is 16.3. The molecule has 0 aliphatic rings. The van der Waals surface area contributed by atoms with Crippen molar-refractivity contribution < 1.29 is 9.72 Å². The van der Waals surface area contributed by atoms with Gasteiger partial charge < -0.3 is 5.32 Å². The van der Waals surface area contributed by atoms with Gasteiger partial charge in [0, 0.05) is 17.8 Å². The standard InChI is InChI=1S/C15H12N4O3S/c1-9-2-7-12-13(8-9)23-15(17-12)18-14(20)16-10-3-5-11(6-4-10)19(21)22/h2-8H,1H3,(H2,16,17,18,20). The number of rotatable bonds is 3. The van der Waals surface area contributed by atoms with Crippen LogP contribution in [0, 0.1) is 17.0 Å². The van der Waals surface area contributed by atoms with Crippen molar-refractivity contribution in [2.45, 2.75) is 6.92 Å². The Bertz CT molecular complexity index is 889. The number of non-ortho nitro benzene ring substituents is 1. The molecule has 0 atom stereocenters. The fraction of sp³-hybridized carbons (Fsp3) is 0.0667. The number of hydrogen-bond acceptors (Lipinski definition) is 5. The van der Waals surface area contributed by atoms with E-state index in [1.807, 2.05) is 25.1 Å². The van der Waals surface area contributed by atoms with Crippen LogP contribution in [-0.2, 0) is 0 Å². The monoisotopic (exact) mass is 328 g/mol. The van der Waals surface area contributed by atoms with Crippen LogP contribution in [0.2, 0.25) is 0 Å². The van der Waals surface area contributed by atoms with Crippen LogP contribution in [0.5, 0.6) is 0 Å². The van der Waals surface area contributed by atoms with Gasteiger partial charge in [0.15, 0.2) is 5.13 Å². The summed E-state index contributed by atoms with van der Waals surface area (Å²) in [6, 6.07) is 11.0. The van der Waals surface area contributed by atoms with Gasteiger partial charge in [-0.1, -0.05) is 17.4 Å². The highest BCUT2D eigenvalue weighted by Gasteiger charge is 2.09. The van der Waals surface area contributed by atoms with Crippen LogP contribution in [0.25, 0.3) is 10.2 Å². The number of nitrogens with zero attached hydrogens (tertiary/aromatic N) is 2. The number of carbonyl (C=O) groups is 1. The molecule has 2 aromatic carbocycles. The van der Waals surface area contributed by atoms with Crippen molar-refractivity contribution in [3.8, 4) is 0 Å². The number of nitrogens with one attached hydrogen (secondary N) is 2. The summed E-state index contributed by atoms with van der Waals surface area (Å²) >= 11 is 1.38. The molecule has 0 unspecified atom stereocenters. The highest BCUT2D eigenvalue weighted by molar-refractivity contribution is 7.22. The molecule has 3 aromatic rings. The summed E-state index contributed by atoms with van der Waals surface area (Å²) in [7, 11) is 0. The number of aromatic nitrogens is 1. The zero-order valence-corrected chi connectivity index (χ0v) is 12.9. The fourth-order valence-electron chi connectivity index (χ4n) is 2.01. The molecule has 1 heterocycles. The lowest BCUT2D eigenvalue weighted by atomic mass is 10.2. The van der Waals surface area contributed by atoms with Gasteiger partial charge in [-0.2, -0.15) is 0 Å². The van der Waals surface area contributed by atoms with Gasteiger partial charge in [-0.05, 0) is 36.8 Å². The SMILES string of the molecule is Cc1ccc2nc(NC(=O)Nc3ccc([N+](=O)[O-])cc3)sc2c1. The van der Waals surface area contributed by atoms with E-state index in [1.165, 1.54) is 35.6 Å². The van der Waals surface area contributed by atoms with Crippen molar-refractivity contribution in [3.05, 3.63) is 58.1 Å². The predicted molar refractivity (Wildman–Crippen MR) is 90.1 cm³/mol. The van der Waals surface area contributed by atoms with Crippen LogP contribution in [0.15, 0.2) is 42.5 Å². The van der Waals surface area contributed by atoms with Crippen LogP contribution in [-0.4, -0.2) is 15.9 Å². The quantitative estimate of drug-likeness (QED) is 0.557. The van der Waals surface area contributed by atoms with Crippen molar-refractivity contribution in [1.82, 2.24) is 4.98 Å². The summed E-state index contributed by atoms with van der Waals surface area (Å²) in [5.41, 5.74) is 2.39. The van der Waals surface area contributed by atoms with E-state index in [4.69, 9.17) is 0 Å². The molecule has 1 aromatic heterocycles. The van der Waals surface area contributed by atoms with Crippen LogP contribution in [0.3, 0.4) is 0 Å². The van der Waals surface area contributed by atoms with Gasteiger partial charge >= 0.3 is 6.03 Å². The Balaban J connectivity index is 1.69. The van der Waals surface area contributed by atoms with Crippen molar-refractivity contribution in [3.63, 3.8) is 0 Å². The number of anilines is 2. The van der Waals surface area contributed by atoms with Gasteiger partial charge in [-0.15, -0.1) is 0 Å². The lowest BCUT2D eigenvalue weighted by Crippen LogP contribution is -2.19. The number of fused-ring (bicyclic) bond motifs is 1. The van der Waals surface area contributed by atoms with Crippen LogP contribution in [0.4, 0.5) is 21.3 Å². The summed E-state index contributed by atoms with van der Waals surface area (Å²) in [5.74, 6) is 0. The Morgan fingerprint density at radius 3 is 2.61 bits per heavy atom. The molecule has 7 nitrogen and oxygen atoms in total. The highest BCUT2D eigenvalue weighted by Crippen LogP contribution is 2.26. The first-order valence-corrected chi connectivity index (χ1v) is 7.52. The number of thiazole rings is 1. The van der Waals surface area contributed by atoms with E-state index in [9.17, 15) is 14.9 Å². The summed E-state index contributed by atoms with van der Waals surface area (Å²) < 4.78 is 0.996. The predicted octanol–water partition coefficient (Wildman–Crippen LogP) is 4.16. The first kappa shape index (κ1) is 14.9. The maximum Gasteiger partial charge on any atom is 0.325 e.